The fourth-order valence-corrected chi connectivity index (χ4v) is 2.92. The van der Waals surface area contributed by atoms with Crippen LogP contribution in [0.5, 0.6) is 0 Å². The van der Waals surface area contributed by atoms with E-state index in [0.29, 0.717) is 5.02 Å². The van der Waals surface area contributed by atoms with Crippen molar-refractivity contribution in [1.82, 2.24) is 9.47 Å². The zero-order valence-corrected chi connectivity index (χ0v) is 15.3. The van der Waals surface area contributed by atoms with E-state index < -0.39 is 0 Å². The molecule has 0 fully saturated rings. The van der Waals surface area contributed by atoms with Gasteiger partial charge in [0.1, 0.15) is 6.54 Å². The van der Waals surface area contributed by atoms with Crippen LogP contribution in [0.3, 0.4) is 0 Å². The van der Waals surface area contributed by atoms with Crippen molar-refractivity contribution in [3.63, 3.8) is 0 Å². The Morgan fingerprint density at radius 1 is 1.12 bits per heavy atom. The van der Waals surface area contributed by atoms with Crippen molar-refractivity contribution >= 4 is 34.1 Å². The number of amides is 1. The smallest absolute Gasteiger partial charge is 0.244 e. The summed E-state index contributed by atoms with van der Waals surface area (Å²) < 4.78 is 1.90. The Labute approximate surface area is 153 Å². The summed E-state index contributed by atoms with van der Waals surface area (Å²) in [5, 5.41) is 4.69. The molecule has 1 aromatic heterocycles. The van der Waals surface area contributed by atoms with Crippen LogP contribution in [0.1, 0.15) is 5.56 Å². The van der Waals surface area contributed by atoms with Gasteiger partial charge in [-0.25, -0.2) is 0 Å². The van der Waals surface area contributed by atoms with Crippen molar-refractivity contribution in [2.24, 2.45) is 0 Å². The van der Waals surface area contributed by atoms with Gasteiger partial charge in [0.25, 0.3) is 0 Å². The van der Waals surface area contributed by atoms with Crippen LogP contribution in [0.4, 0.5) is 5.69 Å². The Kier molecular flexibility index (Phi) is 5.41. The number of anilines is 1. The van der Waals surface area contributed by atoms with Crippen molar-refractivity contribution in [2.45, 2.75) is 13.0 Å². The van der Waals surface area contributed by atoms with E-state index in [0.717, 1.165) is 29.6 Å². The Balaban J connectivity index is 1.63. The molecule has 1 amide bonds. The highest BCUT2D eigenvalue weighted by atomic mass is 35.5. The quantitative estimate of drug-likeness (QED) is 0.724. The standard InChI is InChI=1S/C20H22ClN3O/c1-23(2)11-9-15-3-7-18(8-4-15)22-20(25)14-24-12-10-16-5-6-17(21)13-19(16)24/h3-8,10,12-13H,9,11,14H2,1-2H3,(H,22,25). The van der Waals surface area contributed by atoms with Crippen LogP contribution in [0.15, 0.2) is 54.7 Å². The molecule has 0 saturated carbocycles. The Morgan fingerprint density at radius 2 is 1.88 bits per heavy atom. The molecule has 0 aliphatic carbocycles. The molecule has 4 nitrogen and oxygen atoms in total. The Hall–Kier alpha value is -2.30. The van der Waals surface area contributed by atoms with E-state index in [1.807, 2.05) is 47.2 Å². The van der Waals surface area contributed by atoms with E-state index in [1.165, 1.54) is 5.56 Å². The van der Waals surface area contributed by atoms with Gasteiger partial charge in [0.2, 0.25) is 5.91 Å². The van der Waals surface area contributed by atoms with Gasteiger partial charge in [-0.2, -0.15) is 0 Å². The third kappa shape index (κ3) is 4.62. The number of likely N-dealkylation sites (N-methyl/N-ethyl adjacent to an activating group) is 1. The first-order valence-corrected chi connectivity index (χ1v) is 8.67. The third-order valence-electron chi connectivity index (χ3n) is 4.14. The van der Waals surface area contributed by atoms with Gasteiger partial charge in [0.15, 0.2) is 0 Å². The minimum absolute atomic E-state index is 0.0569. The minimum Gasteiger partial charge on any atom is -0.338 e. The van der Waals surface area contributed by atoms with E-state index in [-0.39, 0.29) is 12.5 Å². The molecule has 0 aliphatic rings. The summed E-state index contributed by atoms with van der Waals surface area (Å²) in [6.45, 7) is 1.27. The number of nitrogens with one attached hydrogen (secondary N) is 1. The molecule has 25 heavy (non-hydrogen) atoms. The van der Waals surface area contributed by atoms with E-state index >= 15 is 0 Å². The highest BCUT2D eigenvalue weighted by Crippen LogP contribution is 2.20. The van der Waals surface area contributed by atoms with Crippen molar-refractivity contribution < 1.29 is 4.79 Å². The SMILES string of the molecule is CN(C)CCc1ccc(NC(=O)Cn2ccc3ccc(Cl)cc32)cc1. The van der Waals surface area contributed by atoms with Crippen LogP contribution in [-0.2, 0) is 17.8 Å². The first-order chi connectivity index (χ1) is 12.0. The number of halogens is 1. The molecule has 1 N–H and O–H groups in total. The van der Waals surface area contributed by atoms with Gasteiger partial charge in [0.05, 0.1) is 0 Å². The highest BCUT2D eigenvalue weighted by Gasteiger charge is 2.07. The van der Waals surface area contributed by atoms with E-state index in [1.54, 1.807) is 0 Å². The monoisotopic (exact) mass is 355 g/mol. The molecule has 0 spiro atoms. The first kappa shape index (κ1) is 17.5. The molecule has 0 saturated heterocycles. The van der Waals surface area contributed by atoms with Crippen LogP contribution < -0.4 is 5.32 Å². The zero-order valence-electron chi connectivity index (χ0n) is 14.5. The molecule has 5 heteroatoms. The molecule has 130 valence electrons. The summed E-state index contributed by atoms with van der Waals surface area (Å²) >= 11 is 6.06. The lowest BCUT2D eigenvalue weighted by Gasteiger charge is -2.10. The van der Waals surface area contributed by atoms with Crippen molar-refractivity contribution in [3.05, 3.63) is 65.3 Å². The topological polar surface area (TPSA) is 37.3 Å². The van der Waals surface area contributed by atoms with Crippen LogP contribution in [-0.4, -0.2) is 36.0 Å². The van der Waals surface area contributed by atoms with Gasteiger partial charge in [-0.1, -0.05) is 29.8 Å². The normalized spacial score (nSPS) is 11.2. The molecule has 0 atom stereocenters. The lowest BCUT2D eigenvalue weighted by atomic mass is 10.1. The zero-order chi connectivity index (χ0) is 17.8. The van der Waals surface area contributed by atoms with Gasteiger partial charge in [0, 0.05) is 29.0 Å². The minimum atomic E-state index is -0.0569. The van der Waals surface area contributed by atoms with E-state index in [9.17, 15) is 4.79 Å². The second-order valence-electron chi connectivity index (χ2n) is 6.45. The largest absolute Gasteiger partial charge is 0.338 e. The number of aromatic nitrogens is 1. The number of hydrogen-bond donors (Lipinski definition) is 1. The lowest BCUT2D eigenvalue weighted by Crippen LogP contribution is -2.18. The number of benzene rings is 2. The second-order valence-corrected chi connectivity index (χ2v) is 6.88. The summed E-state index contributed by atoms with van der Waals surface area (Å²) in [4.78, 5) is 14.5. The van der Waals surface area contributed by atoms with Crippen LogP contribution in [0, 0.1) is 0 Å². The van der Waals surface area contributed by atoms with Crippen molar-refractivity contribution in [1.29, 1.82) is 0 Å². The molecule has 2 aromatic carbocycles. The van der Waals surface area contributed by atoms with E-state index in [4.69, 9.17) is 11.6 Å². The van der Waals surface area contributed by atoms with Crippen molar-refractivity contribution in [2.75, 3.05) is 26.0 Å². The molecule has 0 unspecified atom stereocenters. The number of nitrogens with zero attached hydrogens (tertiary/aromatic N) is 2. The first-order valence-electron chi connectivity index (χ1n) is 8.29. The highest BCUT2D eigenvalue weighted by molar-refractivity contribution is 6.31. The summed E-state index contributed by atoms with van der Waals surface area (Å²) in [6.07, 6.45) is 2.91. The van der Waals surface area contributed by atoms with Gasteiger partial charge in [-0.3, -0.25) is 4.79 Å². The average molecular weight is 356 g/mol. The van der Waals surface area contributed by atoms with Gasteiger partial charge in [-0.05, 0) is 61.8 Å². The Bertz CT molecular complexity index is 868. The van der Waals surface area contributed by atoms with Crippen LogP contribution >= 0.6 is 11.6 Å². The molecule has 3 aromatic rings. The fraction of sp³-hybridized carbons (Fsp3) is 0.250. The Morgan fingerprint density at radius 3 is 2.60 bits per heavy atom. The van der Waals surface area contributed by atoms with Gasteiger partial charge < -0.3 is 14.8 Å². The van der Waals surface area contributed by atoms with Gasteiger partial charge in [-0.15, -0.1) is 0 Å². The maximum absolute atomic E-state index is 12.3. The lowest BCUT2D eigenvalue weighted by molar-refractivity contribution is -0.116. The maximum atomic E-state index is 12.3. The number of fused-ring (bicyclic) bond motifs is 1. The summed E-state index contributed by atoms with van der Waals surface area (Å²) in [7, 11) is 4.12. The fourth-order valence-electron chi connectivity index (χ4n) is 2.76. The van der Waals surface area contributed by atoms with Crippen LogP contribution in [0.2, 0.25) is 5.02 Å². The predicted molar refractivity (Wildman–Crippen MR) is 104 cm³/mol. The van der Waals surface area contributed by atoms with Crippen LogP contribution in [0.25, 0.3) is 10.9 Å². The third-order valence-corrected chi connectivity index (χ3v) is 4.37. The second kappa shape index (κ2) is 7.72. The molecule has 0 bridgehead atoms. The molecule has 1 heterocycles. The summed E-state index contributed by atoms with van der Waals surface area (Å²) in [5.41, 5.74) is 3.03. The number of hydrogen-bond acceptors (Lipinski definition) is 2. The average Bonchev–Trinajstić information content (AvgIpc) is 2.96. The number of carbonyl (C=O) groups is 1. The molecule has 3 rings (SSSR count). The summed E-state index contributed by atoms with van der Waals surface area (Å²) in [6, 6.07) is 15.7. The predicted octanol–water partition coefficient (Wildman–Crippen LogP) is 4.04. The number of rotatable bonds is 6. The van der Waals surface area contributed by atoms with Gasteiger partial charge >= 0.3 is 0 Å². The maximum Gasteiger partial charge on any atom is 0.244 e. The number of carbonyl (C=O) groups excluding carboxylic acids is 1. The molecular formula is C20H22ClN3O. The molecule has 0 aliphatic heterocycles. The van der Waals surface area contributed by atoms with Crippen molar-refractivity contribution in [3.8, 4) is 0 Å². The molecule has 0 radical (unpaired) electrons. The van der Waals surface area contributed by atoms with E-state index in [2.05, 4.69) is 36.4 Å². The summed E-state index contributed by atoms with van der Waals surface area (Å²) in [5.74, 6) is -0.0569. The molecular weight excluding hydrogens is 334 g/mol.